The zero-order chi connectivity index (χ0) is 9.42. The van der Waals surface area contributed by atoms with E-state index >= 15 is 0 Å². The molecule has 0 atom stereocenters. The van der Waals surface area contributed by atoms with Gasteiger partial charge in [-0.2, -0.15) is 0 Å². The summed E-state index contributed by atoms with van der Waals surface area (Å²) < 4.78 is 0. The fraction of sp³-hybridized carbons (Fsp3) is 0.231. The van der Waals surface area contributed by atoms with E-state index in [0.717, 1.165) is 0 Å². The first-order valence-corrected chi connectivity index (χ1v) is 4.65. The minimum atomic E-state index is 1.33. The highest BCUT2D eigenvalue weighted by Gasteiger charge is 2.06. The molecule has 0 radical (unpaired) electrons. The second kappa shape index (κ2) is 2.88. The molecular formula is C13H14. The molecule has 66 valence electrons. The summed E-state index contributed by atoms with van der Waals surface area (Å²) in [5.74, 6) is 0. The van der Waals surface area contributed by atoms with Gasteiger partial charge >= 0.3 is 0 Å². The third-order valence-corrected chi connectivity index (χ3v) is 2.56. The van der Waals surface area contributed by atoms with E-state index in [4.69, 9.17) is 0 Å². The maximum Gasteiger partial charge on any atom is -0.0125 e. The van der Waals surface area contributed by atoms with Gasteiger partial charge in [-0.3, -0.25) is 0 Å². The Bertz CT molecular complexity index is 413. The Labute approximate surface area is 79.6 Å². The fourth-order valence-corrected chi connectivity index (χ4v) is 1.97. The topological polar surface area (TPSA) is 0 Å². The van der Waals surface area contributed by atoms with E-state index in [-0.39, 0.29) is 0 Å². The molecule has 2 aliphatic carbocycles. The number of rotatable bonds is 0. The van der Waals surface area contributed by atoms with Crippen LogP contribution in [0.15, 0.2) is 30.3 Å². The maximum atomic E-state index is 2.25. The van der Waals surface area contributed by atoms with Crippen molar-refractivity contribution in [1.82, 2.24) is 0 Å². The van der Waals surface area contributed by atoms with Crippen LogP contribution in [0.2, 0.25) is 0 Å². The van der Waals surface area contributed by atoms with Gasteiger partial charge in [-0.25, -0.2) is 0 Å². The highest BCUT2D eigenvalue weighted by atomic mass is 14.1. The van der Waals surface area contributed by atoms with Gasteiger partial charge in [0.05, 0.1) is 0 Å². The second-order valence-electron chi connectivity index (χ2n) is 3.75. The van der Waals surface area contributed by atoms with Gasteiger partial charge in [0, 0.05) is 0 Å². The quantitative estimate of drug-likeness (QED) is 0.565. The first kappa shape index (κ1) is 8.31. The molecule has 2 rings (SSSR count). The molecule has 0 unspecified atom stereocenters. The van der Waals surface area contributed by atoms with Crippen molar-refractivity contribution >= 4 is 0 Å². The molecule has 0 aromatic heterocycles. The molecule has 0 saturated carbocycles. The first-order chi connectivity index (χ1) is 6.18. The fourth-order valence-electron chi connectivity index (χ4n) is 1.97. The number of fused-ring (bicyclic) bond motifs is 1. The van der Waals surface area contributed by atoms with E-state index in [2.05, 4.69) is 51.1 Å². The van der Waals surface area contributed by atoms with Crippen molar-refractivity contribution in [2.75, 3.05) is 0 Å². The number of hydrogen-bond donors (Lipinski definition) is 0. The maximum absolute atomic E-state index is 2.25. The van der Waals surface area contributed by atoms with Crippen molar-refractivity contribution < 1.29 is 0 Å². The third kappa shape index (κ3) is 1.33. The molecule has 0 nitrogen and oxygen atoms in total. The van der Waals surface area contributed by atoms with Crippen molar-refractivity contribution in [3.8, 4) is 11.1 Å². The lowest BCUT2D eigenvalue weighted by molar-refractivity contribution is 1.42. The highest BCUT2D eigenvalue weighted by molar-refractivity contribution is 5.73. The van der Waals surface area contributed by atoms with Gasteiger partial charge in [-0.05, 0) is 43.0 Å². The lowest BCUT2D eigenvalue weighted by Crippen LogP contribution is -1.76. The van der Waals surface area contributed by atoms with Gasteiger partial charge in [-0.15, -0.1) is 0 Å². The van der Waals surface area contributed by atoms with Gasteiger partial charge in [0.25, 0.3) is 0 Å². The molecule has 0 aromatic rings. The highest BCUT2D eigenvalue weighted by Crippen LogP contribution is 2.29. The minimum Gasteiger partial charge on any atom is -0.0587 e. The molecule has 0 fully saturated rings. The van der Waals surface area contributed by atoms with Crippen LogP contribution in [0.25, 0.3) is 11.1 Å². The van der Waals surface area contributed by atoms with Crippen LogP contribution in [-0.2, 0) is 0 Å². The van der Waals surface area contributed by atoms with Crippen LogP contribution in [-0.4, -0.2) is 0 Å². The first-order valence-electron chi connectivity index (χ1n) is 4.65. The molecule has 0 amide bonds. The van der Waals surface area contributed by atoms with Crippen molar-refractivity contribution in [2.24, 2.45) is 0 Å². The molecule has 13 heavy (non-hydrogen) atoms. The summed E-state index contributed by atoms with van der Waals surface area (Å²) in [5.41, 5.74) is 6.84. The smallest absolute Gasteiger partial charge is 0.0125 e. The largest absolute Gasteiger partial charge is 0.0587 e. The molecule has 0 aromatic carbocycles. The van der Waals surface area contributed by atoms with E-state index < -0.39 is 0 Å². The average Bonchev–Trinajstić information content (AvgIpc) is 2.36. The summed E-state index contributed by atoms with van der Waals surface area (Å²) in [6.45, 7) is 6.49. The summed E-state index contributed by atoms with van der Waals surface area (Å²) in [5, 5.41) is 0. The van der Waals surface area contributed by atoms with E-state index in [1.807, 2.05) is 0 Å². The summed E-state index contributed by atoms with van der Waals surface area (Å²) >= 11 is 0. The summed E-state index contributed by atoms with van der Waals surface area (Å²) in [6, 6.07) is 11.0. The van der Waals surface area contributed by atoms with Crippen LogP contribution in [0.5, 0.6) is 0 Å². The minimum absolute atomic E-state index is 1.33. The van der Waals surface area contributed by atoms with Crippen LogP contribution in [0, 0.1) is 20.8 Å². The monoisotopic (exact) mass is 170 g/mol. The van der Waals surface area contributed by atoms with Gasteiger partial charge in [-0.1, -0.05) is 35.9 Å². The number of hydrogen-bond acceptors (Lipinski definition) is 0. The van der Waals surface area contributed by atoms with Crippen LogP contribution in [0.1, 0.15) is 16.7 Å². The van der Waals surface area contributed by atoms with Gasteiger partial charge < -0.3 is 0 Å². The van der Waals surface area contributed by atoms with E-state index in [9.17, 15) is 0 Å². The molecule has 0 heteroatoms. The second-order valence-corrected chi connectivity index (χ2v) is 3.75. The lowest BCUT2D eigenvalue weighted by Gasteiger charge is -1.98. The predicted molar refractivity (Wildman–Crippen MR) is 57.3 cm³/mol. The summed E-state index contributed by atoms with van der Waals surface area (Å²) in [7, 11) is 0. The Kier molecular flexibility index (Phi) is 1.84. The lowest BCUT2D eigenvalue weighted by atomic mass is 10.1. The Morgan fingerprint density at radius 3 is 2.23 bits per heavy atom. The Hall–Kier alpha value is -1.30. The SMILES string of the molecule is Cc1ccc2ccc(C)c-2c(C)c1. The molecule has 2 aliphatic rings. The normalized spacial score (nSPS) is 10.7. The standard InChI is InChI=1S/C13H14/c1-9-4-6-12-7-5-10(2)13(12)11(3)8-9/h4-8H,1-3H3. The predicted octanol–water partition coefficient (Wildman–Crippen LogP) is 3.72. The Morgan fingerprint density at radius 1 is 0.769 bits per heavy atom. The summed E-state index contributed by atoms with van der Waals surface area (Å²) in [4.78, 5) is 0. The van der Waals surface area contributed by atoms with Crippen molar-refractivity contribution in [2.45, 2.75) is 20.8 Å². The van der Waals surface area contributed by atoms with Crippen LogP contribution >= 0.6 is 0 Å². The van der Waals surface area contributed by atoms with Gasteiger partial charge in [0.15, 0.2) is 0 Å². The molecule has 0 aliphatic heterocycles. The van der Waals surface area contributed by atoms with Crippen molar-refractivity contribution in [3.63, 3.8) is 0 Å². The molecule has 0 N–H and O–H groups in total. The molecule has 0 heterocycles. The van der Waals surface area contributed by atoms with Crippen molar-refractivity contribution in [3.05, 3.63) is 47.0 Å². The average molecular weight is 170 g/mol. The molecular weight excluding hydrogens is 156 g/mol. The van der Waals surface area contributed by atoms with Crippen molar-refractivity contribution in [1.29, 1.82) is 0 Å². The Balaban J connectivity index is 2.82. The van der Waals surface area contributed by atoms with E-state index in [1.54, 1.807) is 0 Å². The molecule has 0 saturated heterocycles. The zero-order valence-corrected chi connectivity index (χ0v) is 8.39. The van der Waals surface area contributed by atoms with Gasteiger partial charge in [0.2, 0.25) is 0 Å². The summed E-state index contributed by atoms with van der Waals surface area (Å²) in [6.07, 6.45) is 0. The van der Waals surface area contributed by atoms with Crippen LogP contribution in [0.3, 0.4) is 0 Å². The molecule has 0 spiro atoms. The van der Waals surface area contributed by atoms with Crippen LogP contribution in [0.4, 0.5) is 0 Å². The molecule has 0 bridgehead atoms. The number of aryl methyl sites for hydroxylation is 3. The van der Waals surface area contributed by atoms with Crippen LogP contribution < -0.4 is 0 Å². The third-order valence-electron chi connectivity index (χ3n) is 2.56. The van der Waals surface area contributed by atoms with E-state index in [1.165, 1.54) is 27.8 Å². The van der Waals surface area contributed by atoms with Gasteiger partial charge in [0.1, 0.15) is 0 Å². The van der Waals surface area contributed by atoms with E-state index in [0.29, 0.717) is 0 Å². The Morgan fingerprint density at radius 2 is 1.46 bits per heavy atom. The zero-order valence-electron chi connectivity index (χ0n) is 8.39.